The van der Waals surface area contributed by atoms with E-state index in [1.807, 2.05) is 0 Å². The molecule has 5 nitrogen and oxygen atoms in total. The molecule has 0 aliphatic heterocycles. The third kappa shape index (κ3) is 3.00. The van der Waals surface area contributed by atoms with Gasteiger partial charge in [0.25, 0.3) is 5.91 Å². The van der Waals surface area contributed by atoms with Crippen molar-refractivity contribution in [3.8, 4) is 0 Å². The van der Waals surface area contributed by atoms with E-state index in [2.05, 4.69) is 15.2 Å². The molecule has 2 aromatic heterocycles. The summed E-state index contributed by atoms with van der Waals surface area (Å²) < 4.78 is 0. The van der Waals surface area contributed by atoms with Crippen LogP contribution in [-0.4, -0.2) is 33.0 Å². The summed E-state index contributed by atoms with van der Waals surface area (Å²) >= 11 is 17.6. The SMILES string of the molecule is CN(Cc1cn[nH]c1)C(=O)c1ncc(Cl)c(Cl)c1Cl. The third-order valence-electron chi connectivity index (χ3n) is 2.44. The number of halogens is 3. The molecular formula is C11H9Cl3N4O. The summed E-state index contributed by atoms with van der Waals surface area (Å²) in [6, 6.07) is 0. The van der Waals surface area contributed by atoms with Crippen LogP contribution in [0.25, 0.3) is 0 Å². The standard InChI is InChI=1S/C11H9Cl3N4O/c1-18(5-6-2-16-17-3-6)11(19)10-9(14)8(13)7(12)4-15-10/h2-4H,5H2,1H3,(H,16,17). The number of carbonyl (C=O) groups excluding carboxylic acids is 1. The molecule has 0 unspecified atom stereocenters. The first-order valence-electron chi connectivity index (χ1n) is 5.23. The number of rotatable bonds is 3. The van der Waals surface area contributed by atoms with Crippen LogP contribution in [0.2, 0.25) is 15.1 Å². The minimum absolute atomic E-state index is 0.0539. The molecule has 0 saturated carbocycles. The second-order valence-electron chi connectivity index (χ2n) is 3.85. The first kappa shape index (κ1) is 14.1. The van der Waals surface area contributed by atoms with Gasteiger partial charge in [0, 0.05) is 31.5 Å². The Morgan fingerprint density at radius 3 is 2.68 bits per heavy atom. The van der Waals surface area contributed by atoms with E-state index in [0.717, 1.165) is 5.56 Å². The average Bonchev–Trinajstić information content (AvgIpc) is 2.88. The van der Waals surface area contributed by atoms with E-state index in [4.69, 9.17) is 34.8 Å². The Balaban J connectivity index is 2.22. The fourth-order valence-electron chi connectivity index (χ4n) is 1.48. The molecule has 19 heavy (non-hydrogen) atoms. The van der Waals surface area contributed by atoms with Crippen molar-refractivity contribution >= 4 is 40.7 Å². The number of carbonyl (C=O) groups is 1. The number of hydrogen-bond donors (Lipinski definition) is 1. The second kappa shape index (κ2) is 5.77. The van der Waals surface area contributed by atoms with Crippen LogP contribution in [0, 0.1) is 0 Å². The van der Waals surface area contributed by atoms with Gasteiger partial charge in [-0.1, -0.05) is 34.8 Å². The van der Waals surface area contributed by atoms with Crippen molar-refractivity contribution in [1.29, 1.82) is 0 Å². The molecule has 100 valence electrons. The number of aromatic amines is 1. The lowest BCUT2D eigenvalue weighted by atomic mass is 10.3. The molecule has 8 heteroatoms. The number of aromatic nitrogens is 3. The Kier molecular flexibility index (Phi) is 4.29. The fourth-order valence-corrected chi connectivity index (χ4v) is 2.04. The van der Waals surface area contributed by atoms with Gasteiger partial charge in [-0.05, 0) is 0 Å². The van der Waals surface area contributed by atoms with Crippen molar-refractivity contribution in [2.24, 2.45) is 0 Å². The summed E-state index contributed by atoms with van der Waals surface area (Å²) in [7, 11) is 1.63. The molecule has 2 aromatic rings. The van der Waals surface area contributed by atoms with Gasteiger partial charge in [-0.2, -0.15) is 5.10 Å². The molecule has 0 saturated heterocycles. The van der Waals surface area contributed by atoms with Crippen molar-refractivity contribution in [2.75, 3.05) is 7.05 Å². The highest BCUT2D eigenvalue weighted by Crippen LogP contribution is 2.31. The largest absolute Gasteiger partial charge is 0.336 e. The molecule has 0 aromatic carbocycles. The van der Waals surface area contributed by atoms with E-state index in [1.54, 1.807) is 19.4 Å². The zero-order chi connectivity index (χ0) is 14.0. The maximum atomic E-state index is 12.2. The van der Waals surface area contributed by atoms with Gasteiger partial charge in [0.05, 0.1) is 21.3 Å². The first-order chi connectivity index (χ1) is 9.00. The molecule has 2 heterocycles. The summed E-state index contributed by atoms with van der Waals surface area (Å²) in [4.78, 5) is 17.6. The highest BCUT2D eigenvalue weighted by atomic mass is 35.5. The minimum atomic E-state index is -0.343. The van der Waals surface area contributed by atoms with Crippen LogP contribution in [0.5, 0.6) is 0 Å². The molecule has 1 amide bonds. The number of nitrogens with one attached hydrogen (secondary N) is 1. The predicted molar refractivity (Wildman–Crippen MR) is 73.7 cm³/mol. The predicted octanol–water partition coefficient (Wildman–Crippen LogP) is 3.04. The maximum absolute atomic E-state index is 12.2. The third-order valence-corrected chi connectivity index (χ3v) is 3.68. The van der Waals surface area contributed by atoms with Crippen molar-refractivity contribution < 1.29 is 4.79 Å². The molecule has 2 rings (SSSR count). The topological polar surface area (TPSA) is 61.9 Å². The minimum Gasteiger partial charge on any atom is -0.336 e. The van der Waals surface area contributed by atoms with Gasteiger partial charge < -0.3 is 4.90 Å². The van der Waals surface area contributed by atoms with Crippen molar-refractivity contribution in [3.63, 3.8) is 0 Å². The van der Waals surface area contributed by atoms with Gasteiger partial charge in [0.15, 0.2) is 0 Å². The Hall–Kier alpha value is -1.30. The van der Waals surface area contributed by atoms with Crippen LogP contribution >= 0.6 is 34.8 Å². The van der Waals surface area contributed by atoms with Crippen LogP contribution in [0.4, 0.5) is 0 Å². The first-order valence-corrected chi connectivity index (χ1v) is 6.36. The molecule has 1 N–H and O–H groups in total. The zero-order valence-electron chi connectivity index (χ0n) is 9.82. The normalized spacial score (nSPS) is 10.5. The van der Waals surface area contributed by atoms with Crippen LogP contribution in [0.3, 0.4) is 0 Å². The smallest absolute Gasteiger partial charge is 0.274 e. The summed E-state index contributed by atoms with van der Waals surface area (Å²) in [6.07, 6.45) is 4.63. The lowest BCUT2D eigenvalue weighted by Gasteiger charge is -2.16. The summed E-state index contributed by atoms with van der Waals surface area (Å²) in [6.45, 7) is 0.383. The van der Waals surface area contributed by atoms with E-state index in [1.165, 1.54) is 11.1 Å². The Morgan fingerprint density at radius 1 is 1.32 bits per heavy atom. The number of H-pyrrole nitrogens is 1. The summed E-state index contributed by atoms with van der Waals surface area (Å²) in [5, 5.41) is 6.87. The maximum Gasteiger partial charge on any atom is 0.274 e. The van der Waals surface area contributed by atoms with Crippen molar-refractivity contribution in [2.45, 2.75) is 6.54 Å². The van der Waals surface area contributed by atoms with Gasteiger partial charge >= 0.3 is 0 Å². The Bertz CT molecular complexity index is 600. The average molecular weight is 320 g/mol. The quantitative estimate of drug-likeness (QED) is 0.946. The number of amides is 1. The van der Waals surface area contributed by atoms with Crippen LogP contribution in [-0.2, 0) is 6.54 Å². The highest BCUT2D eigenvalue weighted by molar-refractivity contribution is 6.48. The number of hydrogen-bond acceptors (Lipinski definition) is 3. The van der Waals surface area contributed by atoms with Gasteiger partial charge in [0.2, 0.25) is 0 Å². The van der Waals surface area contributed by atoms with Crippen LogP contribution < -0.4 is 0 Å². The fraction of sp³-hybridized carbons (Fsp3) is 0.182. The van der Waals surface area contributed by atoms with Crippen molar-refractivity contribution in [1.82, 2.24) is 20.1 Å². The van der Waals surface area contributed by atoms with E-state index in [9.17, 15) is 4.79 Å². The van der Waals surface area contributed by atoms with Crippen LogP contribution in [0.15, 0.2) is 18.6 Å². The Morgan fingerprint density at radius 2 is 2.05 bits per heavy atom. The van der Waals surface area contributed by atoms with E-state index in [-0.39, 0.29) is 26.7 Å². The van der Waals surface area contributed by atoms with Gasteiger partial charge in [0.1, 0.15) is 5.69 Å². The van der Waals surface area contributed by atoms with Crippen LogP contribution in [0.1, 0.15) is 16.1 Å². The van der Waals surface area contributed by atoms with E-state index < -0.39 is 0 Å². The monoisotopic (exact) mass is 318 g/mol. The molecule has 0 atom stereocenters. The lowest BCUT2D eigenvalue weighted by Crippen LogP contribution is -2.27. The molecular weight excluding hydrogens is 311 g/mol. The summed E-state index contributed by atoms with van der Waals surface area (Å²) in [5.41, 5.74) is 0.939. The van der Waals surface area contributed by atoms with Gasteiger partial charge in [-0.25, -0.2) is 4.98 Å². The summed E-state index contributed by atoms with van der Waals surface area (Å²) in [5.74, 6) is -0.343. The number of nitrogens with zero attached hydrogens (tertiary/aromatic N) is 3. The van der Waals surface area contributed by atoms with Crippen molar-refractivity contribution in [3.05, 3.63) is 44.9 Å². The molecule has 0 aliphatic rings. The molecule has 0 fully saturated rings. The second-order valence-corrected chi connectivity index (χ2v) is 5.01. The molecule has 0 radical (unpaired) electrons. The molecule has 0 spiro atoms. The zero-order valence-corrected chi connectivity index (χ0v) is 12.1. The molecule has 0 aliphatic carbocycles. The number of pyridine rings is 1. The Labute approximate surface area is 124 Å². The van der Waals surface area contributed by atoms with Gasteiger partial charge in [-0.15, -0.1) is 0 Å². The van der Waals surface area contributed by atoms with E-state index >= 15 is 0 Å². The molecule has 0 bridgehead atoms. The highest BCUT2D eigenvalue weighted by Gasteiger charge is 2.20. The van der Waals surface area contributed by atoms with E-state index in [0.29, 0.717) is 6.54 Å². The van der Waals surface area contributed by atoms with Gasteiger partial charge in [-0.3, -0.25) is 9.89 Å². The lowest BCUT2D eigenvalue weighted by molar-refractivity contribution is 0.0779.